The van der Waals surface area contributed by atoms with E-state index in [2.05, 4.69) is 45.9 Å². The zero-order valence-corrected chi connectivity index (χ0v) is 12.9. The van der Waals surface area contributed by atoms with Gasteiger partial charge in [-0.2, -0.15) is 0 Å². The van der Waals surface area contributed by atoms with Crippen LogP contribution in [0.15, 0.2) is 18.2 Å². The highest BCUT2D eigenvalue weighted by atomic mass is 14.7. The molecule has 0 spiro atoms. The summed E-state index contributed by atoms with van der Waals surface area (Å²) in [6.45, 7) is 9.06. The molecular weight excluding hydrogens is 230 g/mol. The molecule has 1 nitrogen and oxygen atoms in total. The van der Waals surface area contributed by atoms with E-state index in [4.69, 9.17) is 5.73 Å². The molecule has 2 N–H and O–H groups in total. The molecule has 106 valence electrons. The quantitative estimate of drug-likeness (QED) is 0.831. The Morgan fingerprint density at radius 2 is 1.53 bits per heavy atom. The van der Waals surface area contributed by atoms with E-state index < -0.39 is 0 Å². The minimum Gasteiger partial charge on any atom is -0.324 e. The first-order chi connectivity index (χ1) is 8.99. The van der Waals surface area contributed by atoms with Gasteiger partial charge in [-0.05, 0) is 74.0 Å². The van der Waals surface area contributed by atoms with Crippen LogP contribution in [0.1, 0.15) is 62.3 Å². The predicted molar refractivity (Wildman–Crippen MR) is 83.1 cm³/mol. The number of nitrogens with two attached hydrogens (primary N) is 1. The maximum absolute atomic E-state index is 6.51. The molecule has 19 heavy (non-hydrogen) atoms. The van der Waals surface area contributed by atoms with Crippen LogP contribution in [0.3, 0.4) is 0 Å². The van der Waals surface area contributed by atoms with Crippen molar-refractivity contribution < 1.29 is 0 Å². The van der Waals surface area contributed by atoms with Crippen LogP contribution in [0.2, 0.25) is 0 Å². The van der Waals surface area contributed by atoms with Gasteiger partial charge < -0.3 is 5.73 Å². The first-order valence-electron chi connectivity index (χ1n) is 7.81. The van der Waals surface area contributed by atoms with Gasteiger partial charge in [0.1, 0.15) is 0 Å². The summed E-state index contributed by atoms with van der Waals surface area (Å²) in [5.74, 6) is 2.43. The van der Waals surface area contributed by atoms with Crippen molar-refractivity contribution in [2.75, 3.05) is 0 Å². The maximum atomic E-state index is 6.51. The van der Waals surface area contributed by atoms with Crippen LogP contribution in [-0.2, 0) is 0 Å². The Bertz CT molecular complexity index is 414. The van der Waals surface area contributed by atoms with E-state index in [1.54, 1.807) is 0 Å². The SMILES string of the molecule is Cc1ccc(C(N)C2CCC(C(C)C)CC2)cc1C. The molecule has 1 saturated carbocycles. The van der Waals surface area contributed by atoms with Gasteiger partial charge in [-0.1, -0.05) is 32.0 Å². The maximum Gasteiger partial charge on any atom is 0.0323 e. The summed E-state index contributed by atoms with van der Waals surface area (Å²) in [5, 5.41) is 0. The largest absolute Gasteiger partial charge is 0.324 e. The molecule has 1 heteroatoms. The van der Waals surface area contributed by atoms with E-state index >= 15 is 0 Å². The Hall–Kier alpha value is -0.820. The minimum absolute atomic E-state index is 0.229. The lowest BCUT2D eigenvalue weighted by atomic mass is 9.73. The molecule has 1 aromatic rings. The summed E-state index contributed by atoms with van der Waals surface area (Å²) >= 11 is 0. The second kappa shape index (κ2) is 6.09. The van der Waals surface area contributed by atoms with Crippen molar-refractivity contribution >= 4 is 0 Å². The topological polar surface area (TPSA) is 26.0 Å². The number of rotatable bonds is 3. The zero-order chi connectivity index (χ0) is 14.0. The van der Waals surface area contributed by atoms with Gasteiger partial charge in [0.25, 0.3) is 0 Å². The van der Waals surface area contributed by atoms with Crippen molar-refractivity contribution in [3.8, 4) is 0 Å². The van der Waals surface area contributed by atoms with Gasteiger partial charge in [-0.25, -0.2) is 0 Å². The molecule has 0 radical (unpaired) electrons. The molecule has 0 bridgehead atoms. The average molecular weight is 259 g/mol. The highest BCUT2D eigenvalue weighted by Gasteiger charge is 2.27. The summed E-state index contributed by atoms with van der Waals surface area (Å²) in [7, 11) is 0. The molecule has 1 aliphatic rings. The summed E-state index contributed by atoms with van der Waals surface area (Å²) in [6.07, 6.45) is 5.33. The second-order valence-electron chi connectivity index (χ2n) is 6.79. The van der Waals surface area contributed by atoms with Crippen LogP contribution in [0, 0.1) is 31.6 Å². The lowest BCUT2D eigenvalue weighted by Crippen LogP contribution is -2.27. The number of aryl methyl sites for hydroxylation is 2. The van der Waals surface area contributed by atoms with Crippen LogP contribution < -0.4 is 5.73 Å². The van der Waals surface area contributed by atoms with Gasteiger partial charge in [-0.3, -0.25) is 0 Å². The molecule has 1 atom stereocenters. The van der Waals surface area contributed by atoms with E-state index in [9.17, 15) is 0 Å². The number of hydrogen-bond donors (Lipinski definition) is 1. The first-order valence-corrected chi connectivity index (χ1v) is 7.81. The second-order valence-corrected chi connectivity index (χ2v) is 6.79. The average Bonchev–Trinajstić information content (AvgIpc) is 2.41. The summed E-state index contributed by atoms with van der Waals surface area (Å²) in [4.78, 5) is 0. The van der Waals surface area contributed by atoms with E-state index in [1.165, 1.54) is 42.4 Å². The van der Waals surface area contributed by atoms with Gasteiger partial charge in [-0.15, -0.1) is 0 Å². The smallest absolute Gasteiger partial charge is 0.0323 e. The van der Waals surface area contributed by atoms with Crippen LogP contribution in [0.5, 0.6) is 0 Å². The molecule has 1 aliphatic carbocycles. The van der Waals surface area contributed by atoms with Crippen molar-refractivity contribution in [1.29, 1.82) is 0 Å². The van der Waals surface area contributed by atoms with Gasteiger partial charge in [0.2, 0.25) is 0 Å². The molecule has 2 rings (SSSR count). The molecule has 0 aliphatic heterocycles. The highest BCUT2D eigenvalue weighted by Crippen LogP contribution is 2.38. The number of hydrogen-bond acceptors (Lipinski definition) is 1. The predicted octanol–water partition coefficient (Wildman–Crippen LogP) is 4.77. The Morgan fingerprint density at radius 3 is 2.05 bits per heavy atom. The van der Waals surface area contributed by atoms with Crippen molar-refractivity contribution in [1.82, 2.24) is 0 Å². The summed E-state index contributed by atoms with van der Waals surface area (Å²) in [5.41, 5.74) is 10.6. The van der Waals surface area contributed by atoms with Crippen molar-refractivity contribution in [3.63, 3.8) is 0 Å². The van der Waals surface area contributed by atoms with Gasteiger partial charge in [0, 0.05) is 6.04 Å². The lowest BCUT2D eigenvalue weighted by Gasteiger charge is -2.34. The standard InChI is InChI=1S/C18H29N/c1-12(2)15-7-9-16(10-8-15)18(19)17-6-5-13(3)14(4)11-17/h5-6,11-12,15-16,18H,7-10,19H2,1-4H3. The molecule has 1 unspecified atom stereocenters. The van der Waals surface area contributed by atoms with E-state index in [-0.39, 0.29) is 6.04 Å². The molecule has 0 aromatic heterocycles. The fourth-order valence-electron chi connectivity index (χ4n) is 3.41. The lowest BCUT2D eigenvalue weighted by molar-refractivity contribution is 0.203. The van der Waals surface area contributed by atoms with Crippen LogP contribution in [0.4, 0.5) is 0 Å². The Balaban J connectivity index is 2.01. The molecular formula is C18H29N. The van der Waals surface area contributed by atoms with Crippen molar-refractivity contribution in [2.45, 2.75) is 59.4 Å². The Kier molecular flexibility index (Phi) is 4.67. The van der Waals surface area contributed by atoms with Gasteiger partial charge >= 0.3 is 0 Å². The van der Waals surface area contributed by atoms with Crippen LogP contribution >= 0.6 is 0 Å². The van der Waals surface area contributed by atoms with E-state index in [0.717, 1.165) is 11.8 Å². The Labute approximate surface area is 118 Å². The third-order valence-electron chi connectivity index (χ3n) is 5.18. The monoisotopic (exact) mass is 259 g/mol. The van der Waals surface area contributed by atoms with E-state index in [1.807, 2.05) is 0 Å². The fraction of sp³-hybridized carbons (Fsp3) is 0.667. The zero-order valence-electron chi connectivity index (χ0n) is 12.9. The normalized spacial score (nSPS) is 25.6. The highest BCUT2D eigenvalue weighted by molar-refractivity contribution is 5.31. The number of benzene rings is 1. The molecule has 1 fully saturated rings. The summed E-state index contributed by atoms with van der Waals surface area (Å²) in [6, 6.07) is 6.95. The summed E-state index contributed by atoms with van der Waals surface area (Å²) < 4.78 is 0. The third-order valence-corrected chi connectivity index (χ3v) is 5.18. The van der Waals surface area contributed by atoms with Crippen molar-refractivity contribution in [3.05, 3.63) is 34.9 Å². The molecule has 0 heterocycles. The van der Waals surface area contributed by atoms with Gasteiger partial charge in [0.15, 0.2) is 0 Å². The molecule has 0 amide bonds. The van der Waals surface area contributed by atoms with Crippen molar-refractivity contribution in [2.24, 2.45) is 23.5 Å². The Morgan fingerprint density at radius 1 is 0.947 bits per heavy atom. The fourth-order valence-corrected chi connectivity index (χ4v) is 3.41. The molecule has 1 aromatic carbocycles. The third kappa shape index (κ3) is 3.39. The van der Waals surface area contributed by atoms with E-state index in [0.29, 0.717) is 5.92 Å². The minimum atomic E-state index is 0.229. The van der Waals surface area contributed by atoms with Crippen LogP contribution in [-0.4, -0.2) is 0 Å². The first kappa shape index (κ1) is 14.6. The molecule has 0 saturated heterocycles. The van der Waals surface area contributed by atoms with Crippen LogP contribution in [0.25, 0.3) is 0 Å². The van der Waals surface area contributed by atoms with Gasteiger partial charge in [0.05, 0.1) is 0 Å².